The third kappa shape index (κ3) is 2.05. The number of nitriles is 1. The van der Waals surface area contributed by atoms with Gasteiger partial charge in [-0.2, -0.15) is 5.26 Å². The monoisotopic (exact) mass is 247 g/mol. The number of rotatable bonds is 3. The SMILES string of the molecule is CCc1[nH]c(=O)[nH]c1C(=O)c1csc(C#N)c1. The average Bonchev–Trinajstić information content (AvgIpc) is 2.93. The van der Waals surface area contributed by atoms with Gasteiger partial charge in [0, 0.05) is 16.6 Å². The Bertz CT molecular complexity index is 657. The van der Waals surface area contributed by atoms with Crippen LogP contribution >= 0.6 is 11.3 Å². The lowest BCUT2D eigenvalue weighted by Crippen LogP contribution is -2.06. The molecular formula is C11H9N3O2S. The number of hydrogen-bond acceptors (Lipinski definition) is 4. The molecule has 2 heterocycles. The van der Waals surface area contributed by atoms with E-state index in [4.69, 9.17) is 5.26 Å². The van der Waals surface area contributed by atoms with Crippen molar-refractivity contribution in [3.63, 3.8) is 0 Å². The molecule has 2 rings (SSSR count). The molecular weight excluding hydrogens is 238 g/mol. The summed E-state index contributed by atoms with van der Waals surface area (Å²) in [5.41, 5.74) is 0.905. The van der Waals surface area contributed by atoms with E-state index in [0.29, 0.717) is 22.6 Å². The van der Waals surface area contributed by atoms with Crippen LogP contribution in [-0.4, -0.2) is 15.8 Å². The van der Waals surface area contributed by atoms with Crippen molar-refractivity contribution in [3.8, 4) is 6.07 Å². The second-order valence-corrected chi connectivity index (χ2v) is 4.34. The molecule has 2 aromatic rings. The predicted molar refractivity (Wildman–Crippen MR) is 63.3 cm³/mol. The molecule has 2 aromatic heterocycles. The molecule has 0 aliphatic heterocycles. The van der Waals surface area contributed by atoms with E-state index in [9.17, 15) is 9.59 Å². The number of ketones is 1. The lowest BCUT2D eigenvalue weighted by molar-refractivity contribution is 0.103. The van der Waals surface area contributed by atoms with Crippen molar-refractivity contribution >= 4 is 17.1 Å². The summed E-state index contributed by atoms with van der Waals surface area (Å²) in [6, 6.07) is 3.50. The third-order valence-electron chi connectivity index (χ3n) is 2.36. The zero-order chi connectivity index (χ0) is 12.4. The van der Waals surface area contributed by atoms with Crippen molar-refractivity contribution in [1.29, 1.82) is 5.26 Å². The molecule has 0 aliphatic rings. The number of hydrogen-bond donors (Lipinski definition) is 2. The van der Waals surface area contributed by atoms with Gasteiger partial charge in [-0.25, -0.2) is 4.79 Å². The van der Waals surface area contributed by atoms with Crippen LogP contribution in [0.2, 0.25) is 0 Å². The number of H-pyrrole nitrogens is 2. The number of thiophene rings is 1. The van der Waals surface area contributed by atoms with Crippen LogP contribution in [0.3, 0.4) is 0 Å². The van der Waals surface area contributed by atoms with Gasteiger partial charge in [-0.1, -0.05) is 6.92 Å². The Morgan fingerprint density at radius 1 is 1.53 bits per heavy atom. The van der Waals surface area contributed by atoms with Gasteiger partial charge < -0.3 is 9.97 Å². The summed E-state index contributed by atoms with van der Waals surface area (Å²) < 4.78 is 0. The smallest absolute Gasteiger partial charge is 0.309 e. The Balaban J connectivity index is 2.43. The summed E-state index contributed by atoms with van der Waals surface area (Å²) in [6.45, 7) is 1.85. The Morgan fingerprint density at radius 3 is 2.88 bits per heavy atom. The van der Waals surface area contributed by atoms with Crippen molar-refractivity contribution in [2.24, 2.45) is 0 Å². The minimum Gasteiger partial charge on any atom is -0.309 e. The van der Waals surface area contributed by atoms with Gasteiger partial charge in [0.1, 0.15) is 16.6 Å². The van der Waals surface area contributed by atoms with Crippen LogP contribution in [0.15, 0.2) is 16.2 Å². The molecule has 0 spiro atoms. The van der Waals surface area contributed by atoms with Crippen molar-refractivity contribution in [2.45, 2.75) is 13.3 Å². The fourth-order valence-electron chi connectivity index (χ4n) is 1.54. The molecule has 5 nitrogen and oxygen atoms in total. The first-order valence-corrected chi connectivity index (χ1v) is 5.88. The zero-order valence-corrected chi connectivity index (χ0v) is 9.85. The van der Waals surface area contributed by atoms with Gasteiger partial charge in [0.25, 0.3) is 0 Å². The molecule has 0 amide bonds. The maximum Gasteiger partial charge on any atom is 0.323 e. The minimum atomic E-state index is -0.388. The molecule has 0 saturated heterocycles. The molecule has 0 radical (unpaired) electrons. The van der Waals surface area contributed by atoms with E-state index >= 15 is 0 Å². The fraction of sp³-hybridized carbons (Fsp3) is 0.182. The van der Waals surface area contributed by atoms with E-state index < -0.39 is 0 Å². The summed E-state index contributed by atoms with van der Waals surface area (Å²) in [5, 5.41) is 10.3. The predicted octanol–water partition coefficient (Wildman–Crippen LogP) is 1.43. The van der Waals surface area contributed by atoms with Crippen molar-refractivity contribution < 1.29 is 4.79 Å². The summed E-state index contributed by atoms with van der Waals surface area (Å²) in [4.78, 5) is 28.8. The van der Waals surface area contributed by atoms with E-state index in [2.05, 4.69) is 9.97 Å². The largest absolute Gasteiger partial charge is 0.323 e. The number of carbonyl (C=O) groups excluding carboxylic acids is 1. The maximum absolute atomic E-state index is 12.1. The first-order valence-electron chi connectivity index (χ1n) is 5.00. The standard InChI is InChI=1S/C11H9N3O2S/c1-2-8-9(14-11(16)13-8)10(15)6-3-7(4-12)17-5-6/h3,5H,2H2,1H3,(H2,13,14,16). The number of aryl methyl sites for hydroxylation is 1. The van der Waals surface area contributed by atoms with E-state index in [-0.39, 0.29) is 17.2 Å². The molecule has 0 unspecified atom stereocenters. The van der Waals surface area contributed by atoms with Gasteiger partial charge >= 0.3 is 5.69 Å². The second kappa shape index (κ2) is 4.39. The highest BCUT2D eigenvalue weighted by molar-refractivity contribution is 7.10. The minimum absolute atomic E-state index is 0.266. The van der Waals surface area contributed by atoms with Gasteiger partial charge in [0.15, 0.2) is 0 Å². The van der Waals surface area contributed by atoms with Crippen LogP contribution < -0.4 is 5.69 Å². The van der Waals surface area contributed by atoms with E-state index in [0.717, 1.165) is 0 Å². The quantitative estimate of drug-likeness (QED) is 0.804. The Morgan fingerprint density at radius 2 is 2.29 bits per heavy atom. The topological polar surface area (TPSA) is 89.5 Å². The number of nitrogens with one attached hydrogen (secondary N) is 2. The average molecular weight is 247 g/mol. The van der Waals surface area contributed by atoms with Crippen LogP contribution in [-0.2, 0) is 6.42 Å². The zero-order valence-electron chi connectivity index (χ0n) is 9.03. The Labute approximate surface area is 101 Å². The lowest BCUT2D eigenvalue weighted by atomic mass is 10.1. The van der Waals surface area contributed by atoms with Crippen molar-refractivity contribution in [1.82, 2.24) is 9.97 Å². The molecule has 17 heavy (non-hydrogen) atoms. The van der Waals surface area contributed by atoms with Gasteiger partial charge in [-0.3, -0.25) is 4.79 Å². The van der Waals surface area contributed by atoms with Crippen molar-refractivity contribution in [3.05, 3.63) is 43.8 Å². The highest BCUT2D eigenvalue weighted by Crippen LogP contribution is 2.17. The summed E-state index contributed by atoms with van der Waals surface area (Å²) in [7, 11) is 0. The van der Waals surface area contributed by atoms with Crippen LogP contribution in [0.1, 0.15) is 33.5 Å². The molecule has 2 N–H and O–H groups in total. The van der Waals surface area contributed by atoms with Crippen LogP contribution in [0, 0.1) is 11.3 Å². The summed E-state index contributed by atoms with van der Waals surface area (Å²) in [5.74, 6) is -0.266. The van der Waals surface area contributed by atoms with Crippen LogP contribution in [0.5, 0.6) is 0 Å². The van der Waals surface area contributed by atoms with Gasteiger partial charge in [0.2, 0.25) is 5.78 Å². The number of nitrogens with zero attached hydrogens (tertiary/aromatic N) is 1. The van der Waals surface area contributed by atoms with Crippen LogP contribution in [0.25, 0.3) is 0 Å². The highest BCUT2D eigenvalue weighted by Gasteiger charge is 2.17. The molecule has 0 aliphatic carbocycles. The Hall–Kier alpha value is -2.13. The first kappa shape index (κ1) is 11.4. The van der Waals surface area contributed by atoms with E-state index in [1.807, 2.05) is 13.0 Å². The molecule has 0 saturated carbocycles. The number of aromatic nitrogens is 2. The van der Waals surface area contributed by atoms with Gasteiger partial charge in [-0.15, -0.1) is 11.3 Å². The molecule has 0 bridgehead atoms. The lowest BCUT2D eigenvalue weighted by Gasteiger charge is -1.97. The molecule has 6 heteroatoms. The van der Waals surface area contributed by atoms with E-state index in [1.54, 1.807) is 5.38 Å². The first-order chi connectivity index (χ1) is 8.15. The molecule has 0 fully saturated rings. The Kier molecular flexibility index (Phi) is 2.93. The molecule has 0 aromatic carbocycles. The number of aromatic amines is 2. The maximum atomic E-state index is 12.1. The van der Waals surface area contributed by atoms with E-state index in [1.165, 1.54) is 17.4 Å². The fourth-order valence-corrected chi connectivity index (χ4v) is 2.21. The van der Waals surface area contributed by atoms with Crippen molar-refractivity contribution in [2.75, 3.05) is 0 Å². The summed E-state index contributed by atoms with van der Waals surface area (Å²) >= 11 is 1.21. The summed E-state index contributed by atoms with van der Waals surface area (Å²) in [6.07, 6.45) is 0.565. The third-order valence-corrected chi connectivity index (χ3v) is 3.19. The highest BCUT2D eigenvalue weighted by atomic mass is 32.1. The van der Waals surface area contributed by atoms with Crippen LogP contribution in [0.4, 0.5) is 0 Å². The number of carbonyl (C=O) groups is 1. The normalized spacial score (nSPS) is 10.1. The molecule has 86 valence electrons. The second-order valence-electron chi connectivity index (χ2n) is 3.43. The van der Waals surface area contributed by atoms with Gasteiger partial charge in [0.05, 0.1) is 0 Å². The number of imidazole rings is 1. The molecule has 0 atom stereocenters. The van der Waals surface area contributed by atoms with Gasteiger partial charge in [-0.05, 0) is 12.5 Å².